The first kappa shape index (κ1) is 9.91. The van der Waals surface area contributed by atoms with Crippen molar-refractivity contribution in [1.82, 2.24) is 0 Å². The summed E-state index contributed by atoms with van der Waals surface area (Å²) < 4.78 is 5.83. The van der Waals surface area contributed by atoms with E-state index in [-0.39, 0.29) is 17.1 Å². The van der Waals surface area contributed by atoms with Gasteiger partial charge in [-0.05, 0) is 0 Å². The molecule has 1 atom stereocenters. The summed E-state index contributed by atoms with van der Waals surface area (Å²) in [6.45, 7) is 13.0. The molecule has 1 unspecified atom stereocenters. The van der Waals surface area contributed by atoms with Crippen LogP contribution in [0.3, 0.4) is 0 Å². The third kappa shape index (κ3) is 1.62. The van der Waals surface area contributed by atoms with Crippen molar-refractivity contribution in [1.29, 1.82) is 0 Å². The summed E-state index contributed by atoms with van der Waals surface area (Å²) in [6, 6.07) is 0. The predicted molar refractivity (Wildman–Crippen MR) is 62.5 cm³/mol. The van der Waals surface area contributed by atoms with Gasteiger partial charge in [-0.15, -0.1) is 0 Å². The summed E-state index contributed by atoms with van der Waals surface area (Å²) in [4.78, 5) is 0. The van der Waals surface area contributed by atoms with E-state index >= 15 is 0 Å². The van der Waals surface area contributed by atoms with Gasteiger partial charge in [-0.25, -0.2) is 0 Å². The van der Waals surface area contributed by atoms with Gasteiger partial charge in [0.1, 0.15) is 9.28 Å². The molecule has 0 bridgehead atoms. The van der Waals surface area contributed by atoms with Crippen LogP contribution < -0.4 is 0 Å². The molecular formula is C6H20OSi4. The fourth-order valence-corrected chi connectivity index (χ4v) is 50.7. The first-order valence-corrected chi connectivity index (χ1v) is 18.5. The molecule has 66 valence electrons. The standard InChI is InChI=1S/C6H20OSi4/c1-9-8-7-6-10(2,3)11(9,4)5/h9H,6,8H2,1-5H3. The molecule has 0 aromatic carbocycles. The maximum atomic E-state index is 5.83. The minimum absolute atomic E-state index is 0.00478. The first-order chi connectivity index (χ1) is 4.88. The summed E-state index contributed by atoms with van der Waals surface area (Å²) in [5.74, 6) is 0. The van der Waals surface area contributed by atoms with Gasteiger partial charge in [-0.3, -0.25) is 0 Å². The Morgan fingerprint density at radius 2 is 1.82 bits per heavy atom. The normalized spacial score (nSPS) is 37.4. The lowest BCUT2D eigenvalue weighted by Crippen LogP contribution is -2.72. The van der Waals surface area contributed by atoms with E-state index in [0.29, 0.717) is 0 Å². The van der Waals surface area contributed by atoms with E-state index in [0.717, 1.165) is 0 Å². The summed E-state index contributed by atoms with van der Waals surface area (Å²) in [5.41, 5.74) is 0. The van der Waals surface area contributed by atoms with Gasteiger partial charge >= 0.3 is 0 Å². The molecule has 1 nitrogen and oxygen atoms in total. The van der Waals surface area contributed by atoms with Crippen LogP contribution in [0.15, 0.2) is 0 Å². The largest absolute Gasteiger partial charge is 0.431 e. The van der Waals surface area contributed by atoms with Crippen molar-refractivity contribution in [2.24, 2.45) is 0 Å². The van der Waals surface area contributed by atoms with Gasteiger partial charge in [0.2, 0.25) is 0 Å². The van der Waals surface area contributed by atoms with Crippen LogP contribution in [0.1, 0.15) is 0 Å². The van der Waals surface area contributed by atoms with Crippen molar-refractivity contribution in [3.8, 4) is 0 Å². The van der Waals surface area contributed by atoms with Crippen LogP contribution in [0.5, 0.6) is 0 Å². The molecule has 0 aromatic rings. The zero-order valence-electron chi connectivity index (χ0n) is 8.40. The van der Waals surface area contributed by atoms with Crippen molar-refractivity contribution in [3.05, 3.63) is 0 Å². The Balaban J connectivity index is 2.82. The number of hydrogen-bond donors (Lipinski definition) is 0. The molecule has 1 fully saturated rings. The molecule has 1 saturated heterocycles. The Morgan fingerprint density at radius 3 is 2.18 bits per heavy atom. The van der Waals surface area contributed by atoms with E-state index in [1.54, 1.807) is 0 Å². The highest BCUT2D eigenvalue weighted by Gasteiger charge is 2.48. The average Bonchev–Trinajstić information content (AvgIpc) is 1.84. The molecule has 5 heteroatoms. The molecule has 0 saturated carbocycles. The smallest absolute Gasteiger partial charge is 0.143 e. The van der Waals surface area contributed by atoms with Gasteiger partial charge < -0.3 is 4.43 Å². The monoisotopic (exact) mass is 220 g/mol. The minimum atomic E-state index is -0.868. The first-order valence-electron chi connectivity index (χ1n) is 4.46. The highest BCUT2D eigenvalue weighted by Crippen LogP contribution is 2.24. The predicted octanol–water partition coefficient (Wildman–Crippen LogP) is 0.567. The molecule has 0 amide bonds. The van der Waals surface area contributed by atoms with Crippen molar-refractivity contribution in [2.75, 3.05) is 6.23 Å². The second kappa shape index (κ2) is 2.95. The average molecular weight is 221 g/mol. The molecule has 0 aliphatic carbocycles. The zero-order valence-corrected chi connectivity index (χ0v) is 13.0. The molecule has 1 aliphatic rings. The van der Waals surface area contributed by atoms with Crippen LogP contribution in [0.4, 0.5) is 0 Å². The van der Waals surface area contributed by atoms with Crippen molar-refractivity contribution < 1.29 is 4.43 Å². The van der Waals surface area contributed by atoms with Crippen LogP contribution in [0, 0.1) is 0 Å². The fourth-order valence-electron chi connectivity index (χ4n) is 1.55. The summed E-state index contributed by atoms with van der Waals surface area (Å²) in [6.07, 6.45) is 1.20. The lowest BCUT2D eigenvalue weighted by atomic mass is 11.7. The van der Waals surface area contributed by atoms with Gasteiger partial charge in [0.25, 0.3) is 0 Å². The van der Waals surface area contributed by atoms with Crippen LogP contribution in [-0.4, -0.2) is 38.0 Å². The Bertz CT molecular complexity index is 157. The molecule has 1 heterocycles. The van der Waals surface area contributed by atoms with Crippen LogP contribution in [0.2, 0.25) is 32.7 Å². The van der Waals surface area contributed by atoms with Gasteiger partial charge in [0, 0.05) is 21.2 Å². The Kier molecular flexibility index (Phi) is 2.66. The van der Waals surface area contributed by atoms with E-state index in [2.05, 4.69) is 32.7 Å². The third-order valence-corrected chi connectivity index (χ3v) is 58.4. The van der Waals surface area contributed by atoms with Crippen molar-refractivity contribution >= 4 is 31.8 Å². The van der Waals surface area contributed by atoms with E-state index in [4.69, 9.17) is 4.43 Å². The fraction of sp³-hybridized carbons (Fsp3) is 1.00. The highest BCUT2D eigenvalue weighted by atomic mass is 29.8. The second-order valence-electron chi connectivity index (χ2n) is 5.02. The molecule has 0 aromatic heterocycles. The number of hydrogen-bond acceptors (Lipinski definition) is 1. The maximum Gasteiger partial charge on any atom is 0.143 e. The molecule has 1 rings (SSSR count). The van der Waals surface area contributed by atoms with Gasteiger partial charge in [0.05, 0.1) is 7.59 Å². The number of rotatable bonds is 0. The van der Waals surface area contributed by atoms with E-state index in [9.17, 15) is 0 Å². The van der Waals surface area contributed by atoms with Crippen LogP contribution in [-0.2, 0) is 4.43 Å². The molecule has 0 N–H and O–H groups in total. The summed E-state index contributed by atoms with van der Waals surface area (Å²) in [7, 11) is -1.89. The second-order valence-corrected chi connectivity index (χ2v) is 39.1. The zero-order chi connectivity index (χ0) is 8.70. The third-order valence-electron chi connectivity index (χ3n) is 3.81. The molecular weight excluding hydrogens is 200 g/mol. The van der Waals surface area contributed by atoms with Gasteiger partial charge in [-0.2, -0.15) is 0 Å². The van der Waals surface area contributed by atoms with E-state index in [1.807, 2.05) is 0 Å². The summed E-state index contributed by atoms with van der Waals surface area (Å²) in [5, 5.41) is 0. The SMILES string of the molecule is C[SiH]1[SiH2]OC[Si](C)(C)[Si]1(C)C. The van der Waals surface area contributed by atoms with Crippen molar-refractivity contribution in [3.63, 3.8) is 0 Å². The maximum absolute atomic E-state index is 5.83. The Hall–Kier alpha value is 0.828. The van der Waals surface area contributed by atoms with E-state index in [1.165, 1.54) is 6.23 Å². The lowest BCUT2D eigenvalue weighted by molar-refractivity contribution is 0.413. The van der Waals surface area contributed by atoms with Gasteiger partial charge in [0.15, 0.2) is 0 Å². The molecule has 0 radical (unpaired) electrons. The van der Waals surface area contributed by atoms with Gasteiger partial charge in [-0.1, -0.05) is 32.7 Å². The Morgan fingerprint density at radius 1 is 1.27 bits per heavy atom. The highest BCUT2D eigenvalue weighted by molar-refractivity contribution is 7.73. The molecule has 11 heavy (non-hydrogen) atoms. The quantitative estimate of drug-likeness (QED) is 0.543. The Labute approximate surface area is 75.5 Å². The van der Waals surface area contributed by atoms with E-state index < -0.39 is 14.7 Å². The topological polar surface area (TPSA) is 9.23 Å². The minimum Gasteiger partial charge on any atom is -0.431 e. The van der Waals surface area contributed by atoms with Crippen LogP contribution in [0.25, 0.3) is 0 Å². The molecule has 0 spiro atoms. The lowest BCUT2D eigenvalue weighted by Gasteiger charge is -2.46. The van der Waals surface area contributed by atoms with Crippen LogP contribution >= 0.6 is 0 Å². The summed E-state index contributed by atoms with van der Waals surface area (Å²) >= 11 is 0. The molecule has 1 aliphatic heterocycles. The van der Waals surface area contributed by atoms with Crippen molar-refractivity contribution in [2.45, 2.75) is 32.7 Å².